The number of Topliss-reactive ketones (excluding diaryl/α,β-unsaturated/α-hetero) is 1. The Morgan fingerprint density at radius 3 is 2.95 bits per heavy atom. The molecule has 1 aliphatic rings. The van der Waals surface area contributed by atoms with Crippen molar-refractivity contribution < 1.29 is 9.59 Å². The number of fused-ring (bicyclic) bond motifs is 1. The molecule has 0 aromatic heterocycles. The van der Waals surface area contributed by atoms with Crippen LogP contribution < -0.4 is 10.6 Å². The molecule has 5 heteroatoms. The predicted molar refractivity (Wildman–Crippen MR) is 88.0 cm³/mol. The van der Waals surface area contributed by atoms with E-state index >= 15 is 0 Å². The van der Waals surface area contributed by atoms with Crippen LogP contribution in [0, 0.1) is 0 Å². The lowest BCUT2D eigenvalue weighted by Gasteiger charge is -2.29. The molecule has 0 aliphatic carbocycles. The van der Waals surface area contributed by atoms with Crippen LogP contribution in [0.5, 0.6) is 0 Å². The van der Waals surface area contributed by atoms with Crippen molar-refractivity contribution in [1.29, 1.82) is 0 Å². The van der Waals surface area contributed by atoms with Crippen molar-refractivity contribution in [2.45, 2.75) is 39.2 Å². The molecule has 5 nitrogen and oxygen atoms in total. The van der Waals surface area contributed by atoms with Crippen molar-refractivity contribution >= 4 is 17.4 Å². The Labute approximate surface area is 132 Å². The van der Waals surface area contributed by atoms with Gasteiger partial charge in [-0.05, 0) is 32.0 Å². The van der Waals surface area contributed by atoms with Gasteiger partial charge in [0.15, 0.2) is 5.78 Å². The predicted octanol–water partition coefficient (Wildman–Crippen LogP) is 2.25. The van der Waals surface area contributed by atoms with Gasteiger partial charge in [-0.25, -0.2) is 0 Å². The van der Waals surface area contributed by atoms with Gasteiger partial charge in [0.25, 0.3) is 5.91 Å². The van der Waals surface area contributed by atoms with Crippen LogP contribution in [0.1, 0.15) is 43.5 Å². The zero-order valence-corrected chi connectivity index (χ0v) is 13.4. The first-order valence-corrected chi connectivity index (χ1v) is 7.99. The number of amides is 1. The Hall–Kier alpha value is -1.88. The highest BCUT2D eigenvalue weighted by atomic mass is 16.2. The molecule has 1 aliphatic heterocycles. The van der Waals surface area contributed by atoms with Crippen molar-refractivity contribution in [3.63, 3.8) is 0 Å². The first kappa shape index (κ1) is 16.5. The van der Waals surface area contributed by atoms with E-state index in [9.17, 15) is 9.59 Å². The SMILES string of the molecule is CCCCNC(C)CC(=O)CN1CNc2ccccc2C1=O. The van der Waals surface area contributed by atoms with E-state index < -0.39 is 0 Å². The molecule has 1 aromatic carbocycles. The lowest BCUT2D eigenvalue weighted by atomic mass is 10.1. The van der Waals surface area contributed by atoms with Crippen LogP contribution in [-0.2, 0) is 4.79 Å². The fraction of sp³-hybridized carbons (Fsp3) is 0.529. The summed E-state index contributed by atoms with van der Waals surface area (Å²) in [4.78, 5) is 26.1. The second-order valence-corrected chi connectivity index (χ2v) is 5.84. The molecule has 1 unspecified atom stereocenters. The normalized spacial score (nSPS) is 15.2. The van der Waals surface area contributed by atoms with E-state index in [1.54, 1.807) is 11.0 Å². The summed E-state index contributed by atoms with van der Waals surface area (Å²) >= 11 is 0. The molecule has 1 aromatic rings. The van der Waals surface area contributed by atoms with Crippen molar-refractivity contribution in [2.75, 3.05) is 25.1 Å². The topological polar surface area (TPSA) is 61.4 Å². The van der Waals surface area contributed by atoms with E-state index in [2.05, 4.69) is 17.6 Å². The average molecular weight is 303 g/mol. The summed E-state index contributed by atoms with van der Waals surface area (Å²) in [5, 5.41) is 6.52. The van der Waals surface area contributed by atoms with E-state index in [1.807, 2.05) is 25.1 Å². The van der Waals surface area contributed by atoms with E-state index in [0.29, 0.717) is 18.7 Å². The van der Waals surface area contributed by atoms with E-state index in [1.165, 1.54) is 0 Å². The molecule has 0 radical (unpaired) electrons. The molecule has 120 valence electrons. The van der Waals surface area contributed by atoms with Gasteiger partial charge in [-0.2, -0.15) is 0 Å². The number of rotatable bonds is 8. The third-order valence-electron chi connectivity index (χ3n) is 3.83. The number of para-hydroxylation sites is 1. The number of unbranched alkanes of at least 4 members (excludes halogenated alkanes) is 1. The number of benzene rings is 1. The number of hydrogen-bond donors (Lipinski definition) is 2. The van der Waals surface area contributed by atoms with Gasteiger partial charge in [0.05, 0.1) is 18.8 Å². The molecule has 0 bridgehead atoms. The number of hydrogen-bond acceptors (Lipinski definition) is 4. The highest BCUT2D eigenvalue weighted by Gasteiger charge is 2.25. The first-order chi connectivity index (χ1) is 10.6. The van der Waals surface area contributed by atoms with Crippen LogP contribution in [0.4, 0.5) is 5.69 Å². The third-order valence-corrected chi connectivity index (χ3v) is 3.83. The monoisotopic (exact) mass is 303 g/mol. The molecular weight excluding hydrogens is 278 g/mol. The minimum Gasteiger partial charge on any atom is -0.367 e. The largest absolute Gasteiger partial charge is 0.367 e. The van der Waals surface area contributed by atoms with Gasteiger partial charge in [-0.1, -0.05) is 25.5 Å². The minimum absolute atomic E-state index is 0.0747. The second-order valence-electron chi connectivity index (χ2n) is 5.84. The van der Waals surface area contributed by atoms with Gasteiger partial charge in [0, 0.05) is 18.2 Å². The van der Waals surface area contributed by atoms with Crippen molar-refractivity contribution in [3.05, 3.63) is 29.8 Å². The Morgan fingerprint density at radius 2 is 2.18 bits per heavy atom. The first-order valence-electron chi connectivity index (χ1n) is 7.99. The minimum atomic E-state index is -0.0747. The fourth-order valence-corrected chi connectivity index (χ4v) is 2.59. The second kappa shape index (κ2) is 7.94. The lowest BCUT2D eigenvalue weighted by Crippen LogP contribution is -2.43. The molecule has 2 N–H and O–H groups in total. The summed E-state index contributed by atoms with van der Waals surface area (Å²) in [6, 6.07) is 7.55. The molecule has 0 saturated carbocycles. The number of nitrogens with one attached hydrogen (secondary N) is 2. The number of ketones is 1. The zero-order chi connectivity index (χ0) is 15.9. The molecule has 1 atom stereocenters. The molecular formula is C17H25N3O2. The van der Waals surface area contributed by atoms with Crippen LogP contribution in [0.15, 0.2) is 24.3 Å². The number of anilines is 1. The quantitative estimate of drug-likeness (QED) is 0.723. The highest BCUT2D eigenvalue weighted by Crippen LogP contribution is 2.21. The maximum atomic E-state index is 12.4. The summed E-state index contributed by atoms with van der Waals surface area (Å²) in [6.07, 6.45) is 2.71. The van der Waals surface area contributed by atoms with Crippen molar-refractivity contribution in [1.82, 2.24) is 10.2 Å². The highest BCUT2D eigenvalue weighted by molar-refractivity contribution is 6.02. The lowest BCUT2D eigenvalue weighted by molar-refractivity contribution is -0.120. The Bertz CT molecular complexity index is 530. The van der Waals surface area contributed by atoms with Crippen LogP contribution in [-0.4, -0.2) is 42.4 Å². The van der Waals surface area contributed by atoms with Crippen LogP contribution in [0.3, 0.4) is 0 Å². The van der Waals surface area contributed by atoms with Gasteiger partial charge >= 0.3 is 0 Å². The van der Waals surface area contributed by atoms with Gasteiger partial charge in [0.2, 0.25) is 0 Å². The molecule has 22 heavy (non-hydrogen) atoms. The van der Waals surface area contributed by atoms with Gasteiger partial charge in [-0.15, -0.1) is 0 Å². The molecule has 2 rings (SSSR count). The third kappa shape index (κ3) is 4.31. The smallest absolute Gasteiger partial charge is 0.257 e. The Kier molecular flexibility index (Phi) is 5.95. The van der Waals surface area contributed by atoms with Crippen molar-refractivity contribution in [2.24, 2.45) is 0 Å². The molecule has 1 heterocycles. The zero-order valence-electron chi connectivity index (χ0n) is 13.4. The summed E-state index contributed by atoms with van der Waals surface area (Å²) in [7, 11) is 0. The Balaban J connectivity index is 1.84. The van der Waals surface area contributed by atoms with Crippen LogP contribution in [0.2, 0.25) is 0 Å². The van der Waals surface area contributed by atoms with E-state index in [4.69, 9.17) is 0 Å². The molecule has 1 amide bonds. The fourth-order valence-electron chi connectivity index (χ4n) is 2.59. The summed E-state index contributed by atoms with van der Waals surface area (Å²) < 4.78 is 0. The maximum Gasteiger partial charge on any atom is 0.257 e. The molecule has 0 saturated heterocycles. The van der Waals surface area contributed by atoms with Gasteiger partial charge in [0.1, 0.15) is 0 Å². The van der Waals surface area contributed by atoms with Crippen LogP contribution >= 0.6 is 0 Å². The van der Waals surface area contributed by atoms with Gasteiger partial charge < -0.3 is 15.5 Å². The van der Waals surface area contributed by atoms with E-state index in [-0.39, 0.29) is 24.3 Å². The van der Waals surface area contributed by atoms with Gasteiger partial charge in [-0.3, -0.25) is 9.59 Å². The number of carbonyl (C=O) groups is 2. The standard InChI is InChI=1S/C17H25N3O2/c1-3-4-9-18-13(2)10-14(21)11-20-12-19-16-8-6-5-7-15(16)17(20)22/h5-8,13,18-19H,3-4,9-12H2,1-2H3. The number of carbonyl (C=O) groups excluding carboxylic acids is 2. The summed E-state index contributed by atoms with van der Waals surface area (Å²) in [6.45, 7) is 5.64. The van der Waals surface area contributed by atoms with Crippen molar-refractivity contribution in [3.8, 4) is 0 Å². The van der Waals surface area contributed by atoms with Crippen LogP contribution in [0.25, 0.3) is 0 Å². The Morgan fingerprint density at radius 1 is 1.41 bits per heavy atom. The molecule has 0 spiro atoms. The summed E-state index contributed by atoms with van der Waals surface area (Å²) in [5.74, 6) is 0.0142. The average Bonchev–Trinajstić information content (AvgIpc) is 2.50. The summed E-state index contributed by atoms with van der Waals surface area (Å²) in [5.41, 5.74) is 1.47. The number of nitrogens with zero attached hydrogens (tertiary/aromatic N) is 1. The maximum absolute atomic E-state index is 12.4. The van der Waals surface area contributed by atoms with E-state index in [0.717, 1.165) is 25.1 Å². The molecule has 0 fully saturated rings.